The molecule has 2 aliphatic carbocycles. The number of rotatable bonds is 29. The molecule has 6 atom stereocenters. The molecule has 1 saturated carbocycles. The maximum absolute atomic E-state index is 15.3. The number of ether oxygens (including phenoxy) is 3. The third-order valence-corrected chi connectivity index (χ3v) is 14.5. The SMILES string of the molecule is C=CCOC12Oc3ccc(OCCN4CC4)cc3C3C(CCCCO)C(CCCCO)C=C(C(=NOC)CC1N(Cc1cccc4ccccc14)C(=O)CCCCCCCCCCC)C32. The molecule has 2 N–H and O–H groups in total. The number of nitrogens with zero attached hydrogens (tertiary/aromatic N) is 3. The van der Waals surface area contributed by atoms with Crippen molar-refractivity contribution in [2.24, 2.45) is 22.9 Å². The van der Waals surface area contributed by atoms with Gasteiger partial charge in [0.15, 0.2) is 0 Å². The van der Waals surface area contributed by atoms with E-state index in [2.05, 4.69) is 84.0 Å². The van der Waals surface area contributed by atoms with Gasteiger partial charge in [0.05, 0.1) is 18.2 Å². The molecule has 0 radical (unpaired) electrons. The Bertz CT molecular complexity index is 2040. The van der Waals surface area contributed by atoms with E-state index in [4.69, 9.17) is 24.2 Å². The lowest BCUT2D eigenvalue weighted by atomic mass is 9.55. The molecular formula is C55H77N3O7. The lowest BCUT2D eigenvalue weighted by Crippen LogP contribution is -2.70. The lowest BCUT2D eigenvalue weighted by Gasteiger charge is -2.60. The molecule has 2 aliphatic heterocycles. The van der Waals surface area contributed by atoms with Crippen molar-refractivity contribution in [3.05, 3.63) is 96.1 Å². The molecule has 6 unspecified atom stereocenters. The fraction of sp³-hybridized carbons (Fsp3) is 0.600. The Morgan fingerprint density at radius 3 is 2.40 bits per heavy atom. The molecule has 3 aromatic rings. The van der Waals surface area contributed by atoms with Crippen molar-refractivity contribution < 1.29 is 34.1 Å². The van der Waals surface area contributed by atoms with Crippen LogP contribution in [0.1, 0.15) is 133 Å². The van der Waals surface area contributed by atoms with Gasteiger partial charge < -0.3 is 34.2 Å². The first-order chi connectivity index (χ1) is 32.0. The number of oxime groups is 1. The minimum absolute atomic E-state index is 0.0786. The Hall–Kier alpha value is -4.22. The van der Waals surface area contributed by atoms with E-state index in [1.165, 1.54) is 38.5 Å². The maximum Gasteiger partial charge on any atom is 0.239 e. The van der Waals surface area contributed by atoms with E-state index in [0.29, 0.717) is 32.4 Å². The number of carbonyl (C=O) groups is 1. The first kappa shape index (κ1) is 48.7. The maximum atomic E-state index is 15.3. The zero-order valence-corrected chi connectivity index (χ0v) is 39.5. The van der Waals surface area contributed by atoms with Crippen molar-refractivity contribution in [2.75, 3.05) is 53.2 Å². The number of amides is 1. The molecule has 10 nitrogen and oxygen atoms in total. The van der Waals surface area contributed by atoms with E-state index >= 15 is 4.79 Å². The number of unbranched alkanes of at least 4 members (excludes halogenated alkanes) is 10. The number of carbonyl (C=O) groups excluding carboxylic acids is 1. The normalized spacial score (nSPS) is 23.9. The van der Waals surface area contributed by atoms with E-state index in [0.717, 1.165) is 116 Å². The van der Waals surface area contributed by atoms with Crippen LogP contribution in [0.3, 0.4) is 0 Å². The molecule has 10 heteroatoms. The van der Waals surface area contributed by atoms with Gasteiger partial charge in [0.25, 0.3) is 0 Å². The summed E-state index contributed by atoms with van der Waals surface area (Å²) in [6.07, 6.45) is 20.5. The van der Waals surface area contributed by atoms with Gasteiger partial charge in [0, 0.05) is 63.7 Å². The topological polar surface area (TPSA) is 113 Å². The van der Waals surface area contributed by atoms with Crippen LogP contribution < -0.4 is 9.47 Å². The molecule has 2 heterocycles. The quantitative estimate of drug-likeness (QED) is 0.0307. The van der Waals surface area contributed by atoms with Crippen LogP contribution in [0.5, 0.6) is 11.5 Å². The highest BCUT2D eigenvalue weighted by atomic mass is 16.7. The zero-order chi connectivity index (χ0) is 45.4. The second-order valence-corrected chi connectivity index (χ2v) is 18.9. The minimum Gasteiger partial charge on any atom is -0.492 e. The first-order valence-electron chi connectivity index (χ1n) is 25.2. The molecule has 354 valence electrons. The number of aliphatic hydroxyl groups excluding tert-OH is 2. The lowest BCUT2D eigenvalue weighted by molar-refractivity contribution is -0.258. The van der Waals surface area contributed by atoms with Crippen LogP contribution in [0.25, 0.3) is 10.8 Å². The summed E-state index contributed by atoms with van der Waals surface area (Å²) < 4.78 is 21.2. The molecule has 1 amide bonds. The van der Waals surface area contributed by atoms with Crippen molar-refractivity contribution in [1.29, 1.82) is 0 Å². The fourth-order valence-electron chi connectivity index (χ4n) is 11.2. The summed E-state index contributed by atoms with van der Waals surface area (Å²) in [5.41, 5.74) is 3.99. The summed E-state index contributed by atoms with van der Waals surface area (Å²) in [5.74, 6) is 0.152. The average molecular weight is 892 g/mol. The van der Waals surface area contributed by atoms with Gasteiger partial charge in [-0.15, -0.1) is 6.58 Å². The summed E-state index contributed by atoms with van der Waals surface area (Å²) in [7, 11) is 1.60. The van der Waals surface area contributed by atoms with Gasteiger partial charge in [-0.05, 0) is 84.0 Å². The molecule has 2 fully saturated rings. The predicted octanol–water partition coefficient (Wildman–Crippen LogP) is 10.7. The van der Waals surface area contributed by atoms with Crippen LogP contribution in [0.2, 0.25) is 0 Å². The van der Waals surface area contributed by atoms with Crippen molar-refractivity contribution in [3.63, 3.8) is 0 Å². The summed E-state index contributed by atoms with van der Waals surface area (Å²) in [5, 5.41) is 27.0. The zero-order valence-electron chi connectivity index (χ0n) is 39.5. The standard InChI is InChI=1S/C55H77N3O7/c1-4-6-7-8-9-10-11-12-13-27-52(61)58(40-43-24-20-23-41-21-14-15-25-45(41)43)51-39-49(56-62-3)47-37-42(22-16-18-33-59)46(26-17-19-34-60)53-48-38-44(63-36-32-57-30-31-57)28-29-50(48)65-55(51,54(47)53)64-35-5-2/h5,14-15,20-21,23-25,28-29,37-38,42,46,51,53-54,59-60H,2,4,6-13,16-19,22,26-27,30-36,39-40H2,1,3H3. The van der Waals surface area contributed by atoms with Crippen LogP contribution in [0, 0.1) is 17.8 Å². The van der Waals surface area contributed by atoms with Crippen molar-refractivity contribution in [2.45, 2.75) is 140 Å². The van der Waals surface area contributed by atoms with Crippen LogP contribution in [0.4, 0.5) is 0 Å². The van der Waals surface area contributed by atoms with Gasteiger partial charge in [-0.1, -0.05) is 131 Å². The molecule has 65 heavy (non-hydrogen) atoms. The van der Waals surface area contributed by atoms with E-state index in [1.807, 2.05) is 6.07 Å². The smallest absolute Gasteiger partial charge is 0.239 e. The molecule has 1 saturated heterocycles. The van der Waals surface area contributed by atoms with Crippen LogP contribution >= 0.6 is 0 Å². The first-order valence-corrected chi connectivity index (χ1v) is 25.2. The highest BCUT2D eigenvalue weighted by Gasteiger charge is 2.65. The third kappa shape index (κ3) is 12.0. The van der Waals surface area contributed by atoms with Crippen LogP contribution in [-0.2, 0) is 20.9 Å². The van der Waals surface area contributed by atoms with Crippen LogP contribution in [-0.4, -0.2) is 96.6 Å². The number of aliphatic hydroxyl groups is 2. The highest BCUT2D eigenvalue weighted by molar-refractivity contribution is 6.03. The van der Waals surface area contributed by atoms with Gasteiger partial charge in [0.2, 0.25) is 11.7 Å². The van der Waals surface area contributed by atoms with Gasteiger partial charge in [-0.3, -0.25) is 9.69 Å². The molecule has 0 aromatic heterocycles. The third-order valence-electron chi connectivity index (χ3n) is 14.5. The van der Waals surface area contributed by atoms with Gasteiger partial charge >= 0.3 is 0 Å². The van der Waals surface area contributed by atoms with E-state index in [1.54, 1.807) is 13.2 Å². The Morgan fingerprint density at radius 1 is 0.923 bits per heavy atom. The summed E-state index contributed by atoms with van der Waals surface area (Å²) in [6, 6.07) is 20.5. The Labute approximate surface area is 389 Å². The fourth-order valence-corrected chi connectivity index (χ4v) is 11.2. The van der Waals surface area contributed by atoms with Crippen LogP contribution in [0.15, 0.2) is 90.1 Å². The van der Waals surface area contributed by atoms with E-state index in [9.17, 15) is 10.2 Å². The number of allylic oxidation sites excluding steroid dienone is 1. The Morgan fingerprint density at radius 2 is 1.66 bits per heavy atom. The highest BCUT2D eigenvalue weighted by Crippen LogP contribution is 2.62. The van der Waals surface area contributed by atoms with Crippen molar-refractivity contribution in [3.8, 4) is 11.5 Å². The number of benzene rings is 3. The van der Waals surface area contributed by atoms with E-state index < -0.39 is 11.8 Å². The Kier molecular flexibility index (Phi) is 18.4. The van der Waals surface area contributed by atoms with Gasteiger partial charge in [0.1, 0.15) is 31.3 Å². The average Bonchev–Trinajstić information content (AvgIpc) is 4.16. The number of hydrogen-bond acceptors (Lipinski definition) is 9. The molecule has 4 aliphatic rings. The summed E-state index contributed by atoms with van der Waals surface area (Å²) in [6.45, 7) is 11.0. The second-order valence-electron chi connectivity index (χ2n) is 18.9. The van der Waals surface area contributed by atoms with Crippen molar-refractivity contribution >= 4 is 22.4 Å². The summed E-state index contributed by atoms with van der Waals surface area (Å²) in [4.78, 5) is 25.5. The molecular weight excluding hydrogens is 815 g/mol. The van der Waals surface area contributed by atoms with Gasteiger partial charge in [-0.2, -0.15) is 0 Å². The van der Waals surface area contributed by atoms with Gasteiger partial charge in [-0.25, -0.2) is 0 Å². The molecule has 0 bridgehead atoms. The largest absolute Gasteiger partial charge is 0.492 e. The monoisotopic (exact) mass is 892 g/mol. The predicted molar refractivity (Wildman–Crippen MR) is 260 cm³/mol. The Balaban J connectivity index is 1.34. The van der Waals surface area contributed by atoms with E-state index in [-0.39, 0.29) is 49.4 Å². The van der Waals surface area contributed by atoms with Crippen molar-refractivity contribution in [1.82, 2.24) is 9.80 Å². The number of fused-ring (bicyclic) bond motifs is 3. The summed E-state index contributed by atoms with van der Waals surface area (Å²) >= 11 is 0. The minimum atomic E-state index is -1.31. The molecule has 0 spiro atoms. The molecule has 7 rings (SSSR count). The second kappa shape index (κ2) is 24.5. The molecule has 3 aromatic carbocycles. The number of hydrogen-bond donors (Lipinski definition) is 2.